The number of carbonyl (C=O) groups excluding carboxylic acids is 1. The van der Waals surface area contributed by atoms with Crippen LogP contribution in [0.2, 0.25) is 0 Å². The topological polar surface area (TPSA) is 55.1 Å². The molecule has 0 atom stereocenters. The molecule has 1 aromatic heterocycles. The van der Waals surface area contributed by atoms with E-state index in [2.05, 4.69) is 15.0 Å². The van der Waals surface area contributed by atoms with E-state index in [1.54, 1.807) is 12.1 Å². The van der Waals surface area contributed by atoms with Gasteiger partial charge in [-0.2, -0.15) is 0 Å². The molecule has 4 heteroatoms. The van der Waals surface area contributed by atoms with Crippen molar-refractivity contribution in [3.05, 3.63) is 24.5 Å². The van der Waals surface area contributed by atoms with E-state index in [9.17, 15) is 4.79 Å². The first-order valence-corrected chi connectivity index (χ1v) is 3.71. The van der Waals surface area contributed by atoms with Crippen molar-refractivity contribution in [2.75, 3.05) is 5.32 Å². The molecule has 4 nitrogen and oxygen atoms in total. The third-order valence-corrected chi connectivity index (χ3v) is 1.19. The molecule has 0 aromatic carbocycles. The SMILES string of the molecule is CC/C=C/C(=O)Nc1ccon1. The van der Waals surface area contributed by atoms with Gasteiger partial charge in [-0.3, -0.25) is 4.79 Å². The van der Waals surface area contributed by atoms with Gasteiger partial charge in [0, 0.05) is 6.07 Å². The van der Waals surface area contributed by atoms with Crippen LogP contribution in [0.5, 0.6) is 0 Å². The summed E-state index contributed by atoms with van der Waals surface area (Å²) in [6.07, 6.45) is 5.48. The van der Waals surface area contributed by atoms with Gasteiger partial charge in [-0.25, -0.2) is 0 Å². The average molecular weight is 166 g/mol. The second-order valence-corrected chi connectivity index (χ2v) is 2.18. The first-order valence-electron chi connectivity index (χ1n) is 3.71. The molecule has 0 spiro atoms. The lowest BCUT2D eigenvalue weighted by Gasteiger charge is -1.92. The van der Waals surface area contributed by atoms with E-state index in [0.717, 1.165) is 6.42 Å². The molecule has 1 aromatic rings. The summed E-state index contributed by atoms with van der Waals surface area (Å²) in [5.41, 5.74) is 0. The zero-order chi connectivity index (χ0) is 8.81. The van der Waals surface area contributed by atoms with Crippen LogP contribution in [0.3, 0.4) is 0 Å². The van der Waals surface area contributed by atoms with Gasteiger partial charge in [0.15, 0.2) is 5.82 Å². The highest BCUT2D eigenvalue weighted by Gasteiger charge is 1.98. The molecule has 12 heavy (non-hydrogen) atoms. The van der Waals surface area contributed by atoms with Gasteiger partial charge >= 0.3 is 0 Å². The number of hydrogen-bond acceptors (Lipinski definition) is 3. The van der Waals surface area contributed by atoms with Gasteiger partial charge in [-0.15, -0.1) is 0 Å². The highest BCUT2D eigenvalue weighted by Crippen LogP contribution is 2.00. The van der Waals surface area contributed by atoms with Crippen LogP contribution in [0.1, 0.15) is 13.3 Å². The third kappa shape index (κ3) is 2.57. The number of allylic oxidation sites excluding steroid dienone is 1. The van der Waals surface area contributed by atoms with E-state index in [1.165, 1.54) is 12.3 Å². The number of amides is 1. The van der Waals surface area contributed by atoms with E-state index in [4.69, 9.17) is 0 Å². The monoisotopic (exact) mass is 166 g/mol. The Labute approximate surface area is 70.2 Å². The lowest BCUT2D eigenvalue weighted by Crippen LogP contribution is -2.07. The van der Waals surface area contributed by atoms with Crippen LogP contribution in [0.25, 0.3) is 0 Å². The largest absolute Gasteiger partial charge is 0.363 e. The lowest BCUT2D eigenvalue weighted by atomic mass is 10.4. The van der Waals surface area contributed by atoms with Crippen LogP contribution >= 0.6 is 0 Å². The smallest absolute Gasteiger partial charge is 0.249 e. The molecular weight excluding hydrogens is 156 g/mol. The van der Waals surface area contributed by atoms with Gasteiger partial charge < -0.3 is 9.84 Å². The Balaban J connectivity index is 2.42. The van der Waals surface area contributed by atoms with E-state index in [1.807, 2.05) is 6.92 Å². The van der Waals surface area contributed by atoms with Crippen LogP contribution < -0.4 is 5.32 Å². The molecular formula is C8H10N2O2. The Morgan fingerprint density at radius 1 is 1.83 bits per heavy atom. The van der Waals surface area contributed by atoms with Gasteiger partial charge in [-0.05, 0) is 12.5 Å². The van der Waals surface area contributed by atoms with Crippen LogP contribution in [0, 0.1) is 0 Å². The predicted molar refractivity (Wildman–Crippen MR) is 44.6 cm³/mol. The van der Waals surface area contributed by atoms with E-state index < -0.39 is 0 Å². The van der Waals surface area contributed by atoms with Crippen molar-refractivity contribution in [3.8, 4) is 0 Å². The van der Waals surface area contributed by atoms with Crippen LogP contribution in [-0.2, 0) is 4.79 Å². The Bertz CT molecular complexity index is 265. The summed E-state index contributed by atoms with van der Waals surface area (Å²) in [5, 5.41) is 6.05. The molecule has 0 aliphatic heterocycles. The Morgan fingerprint density at radius 3 is 3.25 bits per heavy atom. The van der Waals surface area contributed by atoms with E-state index >= 15 is 0 Å². The molecule has 0 saturated carbocycles. The Kier molecular flexibility index (Phi) is 3.07. The van der Waals surface area contributed by atoms with Gasteiger partial charge in [0.2, 0.25) is 5.91 Å². The summed E-state index contributed by atoms with van der Waals surface area (Å²) in [6.45, 7) is 1.96. The van der Waals surface area contributed by atoms with Crippen molar-refractivity contribution in [2.45, 2.75) is 13.3 Å². The van der Waals surface area contributed by atoms with Gasteiger partial charge in [-0.1, -0.05) is 18.2 Å². The summed E-state index contributed by atoms with van der Waals surface area (Å²) in [6, 6.07) is 1.58. The maximum Gasteiger partial charge on any atom is 0.249 e. The fourth-order valence-corrected chi connectivity index (χ4v) is 0.670. The minimum Gasteiger partial charge on any atom is -0.363 e. The number of anilines is 1. The first-order chi connectivity index (χ1) is 5.83. The zero-order valence-corrected chi connectivity index (χ0v) is 6.78. The van der Waals surface area contributed by atoms with Gasteiger partial charge in [0.05, 0.1) is 0 Å². The molecule has 1 heterocycles. The zero-order valence-electron chi connectivity index (χ0n) is 6.78. The minimum atomic E-state index is -0.189. The molecule has 0 fully saturated rings. The molecule has 64 valence electrons. The Hall–Kier alpha value is -1.58. The van der Waals surface area contributed by atoms with Crippen molar-refractivity contribution in [1.82, 2.24) is 5.16 Å². The normalized spacial score (nSPS) is 10.4. The molecule has 0 bridgehead atoms. The maximum atomic E-state index is 11.0. The van der Waals surface area contributed by atoms with E-state index in [-0.39, 0.29) is 5.91 Å². The number of hydrogen-bond donors (Lipinski definition) is 1. The summed E-state index contributed by atoms with van der Waals surface area (Å²) >= 11 is 0. The first kappa shape index (κ1) is 8.52. The molecule has 0 radical (unpaired) electrons. The molecule has 0 unspecified atom stereocenters. The van der Waals surface area contributed by atoms with Crippen molar-refractivity contribution in [2.24, 2.45) is 0 Å². The van der Waals surface area contributed by atoms with Crippen molar-refractivity contribution in [1.29, 1.82) is 0 Å². The number of nitrogens with one attached hydrogen (secondary N) is 1. The third-order valence-electron chi connectivity index (χ3n) is 1.19. The number of aromatic nitrogens is 1. The van der Waals surface area contributed by atoms with Crippen molar-refractivity contribution >= 4 is 11.7 Å². The minimum absolute atomic E-state index is 0.189. The standard InChI is InChI=1S/C8H10N2O2/c1-2-3-4-8(11)9-7-5-6-12-10-7/h3-6H,2H2,1H3,(H,9,10,11)/b4-3+. The fraction of sp³-hybridized carbons (Fsp3) is 0.250. The van der Waals surface area contributed by atoms with Crippen molar-refractivity contribution in [3.63, 3.8) is 0 Å². The lowest BCUT2D eigenvalue weighted by molar-refractivity contribution is -0.111. The summed E-state index contributed by atoms with van der Waals surface area (Å²) in [4.78, 5) is 11.0. The molecule has 1 N–H and O–H groups in total. The number of nitrogens with zero attached hydrogens (tertiary/aromatic N) is 1. The highest BCUT2D eigenvalue weighted by atomic mass is 16.5. The quantitative estimate of drug-likeness (QED) is 0.693. The molecule has 1 amide bonds. The van der Waals surface area contributed by atoms with E-state index in [0.29, 0.717) is 5.82 Å². The van der Waals surface area contributed by atoms with Crippen LogP contribution in [-0.4, -0.2) is 11.1 Å². The molecule has 0 saturated heterocycles. The summed E-state index contributed by atoms with van der Waals surface area (Å²) < 4.78 is 4.53. The second-order valence-electron chi connectivity index (χ2n) is 2.18. The number of rotatable bonds is 3. The predicted octanol–water partition coefficient (Wildman–Crippen LogP) is 1.58. The highest BCUT2D eigenvalue weighted by molar-refractivity contribution is 5.98. The number of carbonyl (C=O) groups is 1. The molecule has 0 aliphatic rings. The van der Waals surface area contributed by atoms with Gasteiger partial charge in [0.25, 0.3) is 0 Å². The molecule has 0 aliphatic carbocycles. The fourth-order valence-electron chi connectivity index (χ4n) is 0.670. The maximum absolute atomic E-state index is 11.0. The second kappa shape index (κ2) is 4.33. The average Bonchev–Trinajstić information content (AvgIpc) is 2.53. The van der Waals surface area contributed by atoms with Crippen molar-refractivity contribution < 1.29 is 9.32 Å². The summed E-state index contributed by atoms with van der Waals surface area (Å²) in [7, 11) is 0. The van der Waals surface area contributed by atoms with Crippen LogP contribution in [0.15, 0.2) is 29.0 Å². The summed E-state index contributed by atoms with van der Waals surface area (Å²) in [5.74, 6) is 0.242. The van der Waals surface area contributed by atoms with Crippen LogP contribution in [0.4, 0.5) is 5.82 Å². The molecule has 1 rings (SSSR count). The van der Waals surface area contributed by atoms with Gasteiger partial charge in [0.1, 0.15) is 6.26 Å². The Morgan fingerprint density at radius 2 is 2.67 bits per heavy atom.